The van der Waals surface area contributed by atoms with Crippen LogP contribution >= 0.6 is 27.3 Å². The van der Waals surface area contributed by atoms with Gasteiger partial charge in [-0.15, -0.1) is 11.3 Å². The van der Waals surface area contributed by atoms with Crippen LogP contribution in [-0.4, -0.2) is 24.8 Å². The first-order valence-corrected chi connectivity index (χ1v) is 12.8. The lowest BCUT2D eigenvalue weighted by Gasteiger charge is -2.23. The van der Waals surface area contributed by atoms with Crippen LogP contribution in [0.4, 0.5) is 5.00 Å². The zero-order valence-corrected chi connectivity index (χ0v) is 20.2. The van der Waals surface area contributed by atoms with Gasteiger partial charge in [0, 0.05) is 27.2 Å². The third kappa shape index (κ3) is 5.47. The van der Waals surface area contributed by atoms with Crippen molar-refractivity contribution < 1.29 is 9.53 Å². The van der Waals surface area contributed by atoms with E-state index in [0.717, 1.165) is 58.5 Å². The predicted octanol–water partition coefficient (Wildman–Crippen LogP) is 6.77. The Morgan fingerprint density at radius 2 is 2.03 bits per heavy atom. The lowest BCUT2D eigenvalue weighted by atomic mass is 9.93. The van der Waals surface area contributed by atoms with E-state index < -0.39 is 0 Å². The molecule has 1 aromatic heterocycles. The fourth-order valence-electron chi connectivity index (χ4n) is 4.41. The standard InChI is InChI=1S/C25H29BrN2O2S/c1-2-14-30-21-13-12-18(26)15-17(21)16-27-25-23(20-10-6-7-11-22(20)31-25)24(29)28-19-8-4-3-5-9-19/h2,12-13,15-16,19H,1,3-11,14H2,(H,28,29). The van der Waals surface area contributed by atoms with Crippen molar-refractivity contribution in [2.75, 3.05) is 6.61 Å². The molecule has 2 aliphatic carbocycles. The molecule has 4 nitrogen and oxygen atoms in total. The normalized spacial score (nSPS) is 16.8. The number of ether oxygens (including phenoxy) is 1. The minimum atomic E-state index is 0.0517. The summed E-state index contributed by atoms with van der Waals surface area (Å²) in [7, 11) is 0. The Balaban J connectivity index is 1.64. The van der Waals surface area contributed by atoms with Crippen LogP contribution in [0.3, 0.4) is 0 Å². The molecule has 0 spiro atoms. The Bertz CT molecular complexity index is 976. The van der Waals surface area contributed by atoms with Gasteiger partial charge >= 0.3 is 0 Å². The molecular formula is C25H29BrN2O2S. The lowest BCUT2D eigenvalue weighted by molar-refractivity contribution is 0.0927. The molecule has 1 fully saturated rings. The average molecular weight is 501 g/mol. The van der Waals surface area contributed by atoms with E-state index in [0.29, 0.717) is 12.6 Å². The van der Waals surface area contributed by atoms with E-state index in [1.807, 2.05) is 24.4 Å². The minimum absolute atomic E-state index is 0.0517. The van der Waals surface area contributed by atoms with E-state index in [1.54, 1.807) is 17.4 Å². The van der Waals surface area contributed by atoms with Gasteiger partial charge in [0.15, 0.2) is 0 Å². The van der Waals surface area contributed by atoms with Gasteiger partial charge in [0.05, 0.1) is 5.56 Å². The molecule has 2 aliphatic rings. The summed E-state index contributed by atoms with van der Waals surface area (Å²) in [4.78, 5) is 19.5. The van der Waals surface area contributed by atoms with Gasteiger partial charge < -0.3 is 10.1 Å². The minimum Gasteiger partial charge on any atom is -0.489 e. The van der Waals surface area contributed by atoms with Gasteiger partial charge in [0.2, 0.25) is 0 Å². The summed E-state index contributed by atoms with van der Waals surface area (Å²) >= 11 is 5.20. The highest BCUT2D eigenvalue weighted by Gasteiger charge is 2.27. The number of halogens is 1. The summed E-state index contributed by atoms with van der Waals surface area (Å²) in [6.45, 7) is 4.16. The number of fused-ring (bicyclic) bond motifs is 1. The van der Waals surface area contributed by atoms with Gasteiger partial charge in [0.25, 0.3) is 5.91 Å². The Hall–Kier alpha value is -1.92. The van der Waals surface area contributed by atoms with Gasteiger partial charge in [-0.25, -0.2) is 4.99 Å². The highest BCUT2D eigenvalue weighted by atomic mass is 79.9. The van der Waals surface area contributed by atoms with Crippen LogP contribution in [0.5, 0.6) is 5.75 Å². The molecule has 164 valence electrons. The van der Waals surface area contributed by atoms with Crippen LogP contribution in [-0.2, 0) is 12.8 Å². The van der Waals surface area contributed by atoms with E-state index in [4.69, 9.17) is 9.73 Å². The smallest absolute Gasteiger partial charge is 0.254 e. The molecule has 0 atom stereocenters. The van der Waals surface area contributed by atoms with E-state index in [2.05, 4.69) is 27.8 Å². The number of hydrogen-bond acceptors (Lipinski definition) is 4. The Morgan fingerprint density at radius 1 is 1.23 bits per heavy atom. The third-order valence-corrected chi connectivity index (χ3v) is 7.66. The Labute approximate surface area is 196 Å². The second-order valence-corrected chi connectivity index (χ2v) is 10.2. The number of amides is 1. The van der Waals surface area contributed by atoms with Gasteiger partial charge in [-0.05, 0) is 62.3 Å². The number of thiophene rings is 1. The molecule has 1 saturated carbocycles. The van der Waals surface area contributed by atoms with Gasteiger partial charge in [-0.1, -0.05) is 47.8 Å². The van der Waals surface area contributed by atoms with E-state index in [1.165, 1.54) is 36.1 Å². The molecule has 0 aliphatic heterocycles. The maximum atomic E-state index is 13.3. The molecule has 4 rings (SSSR count). The zero-order valence-electron chi connectivity index (χ0n) is 17.8. The molecule has 31 heavy (non-hydrogen) atoms. The topological polar surface area (TPSA) is 50.7 Å². The fourth-order valence-corrected chi connectivity index (χ4v) is 6.02. The first kappa shape index (κ1) is 22.3. The Morgan fingerprint density at radius 3 is 2.84 bits per heavy atom. The van der Waals surface area contributed by atoms with Crippen molar-refractivity contribution in [2.45, 2.75) is 63.8 Å². The van der Waals surface area contributed by atoms with Crippen molar-refractivity contribution in [3.8, 4) is 5.75 Å². The van der Waals surface area contributed by atoms with Crippen molar-refractivity contribution in [1.82, 2.24) is 5.32 Å². The second-order valence-electron chi connectivity index (χ2n) is 8.24. The summed E-state index contributed by atoms with van der Waals surface area (Å²) in [5.41, 5.74) is 2.89. The van der Waals surface area contributed by atoms with Crippen LogP contribution in [0.15, 0.2) is 40.3 Å². The summed E-state index contributed by atoms with van der Waals surface area (Å²) in [5, 5.41) is 4.12. The van der Waals surface area contributed by atoms with E-state index >= 15 is 0 Å². The molecule has 0 saturated heterocycles. The highest BCUT2D eigenvalue weighted by Crippen LogP contribution is 2.40. The number of aryl methyl sites for hydroxylation is 1. The van der Waals surface area contributed by atoms with Crippen LogP contribution < -0.4 is 10.1 Å². The predicted molar refractivity (Wildman–Crippen MR) is 132 cm³/mol. The van der Waals surface area contributed by atoms with Crippen LogP contribution in [0.2, 0.25) is 0 Å². The molecule has 1 amide bonds. The largest absolute Gasteiger partial charge is 0.489 e. The number of rotatable bonds is 7. The number of aliphatic imine (C=N–C) groups is 1. The third-order valence-electron chi connectivity index (χ3n) is 5.97. The van der Waals surface area contributed by atoms with Gasteiger partial charge in [0.1, 0.15) is 17.4 Å². The van der Waals surface area contributed by atoms with Crippen molar-refractivity contribution in [1.29, 1.82) is 0 Å². The molecule has 6 heteroatoms. The molecular weight excluding hydrogens is 472 g/mol. The average Bonchev–Trinajstić information content (AvgIpc) is 3.16. The molecule has 0 bridgehead atoms. The highest BCUT2D eigenvalue weighted by molar-refractivity contribution is 9.10. The monoisotopic (exact) mass is 500 g/mol. The number of carbonyl (C=O) groups excluding carboxylic acids is 1. The van der Waals surface area contributed by atoms with Crippen molar-refractivity contribution in [3.05, 3.63) is 56.9 Å². The van der Waals surface area contributed by atoms with Gasteiger partial charge in [-0.2, -0.15) is 0 Å². The maximum absolute atomic E-state index is 13.3. The SMILES string of the molecule is C=CCOc1ccc(Br)cc1C=Nc1sc2c(c1C(=O)NC1CCCCC1)CCCC2. The number of nitrogens with zero attached hydrogens (tertiary/aromatic N) is 1. The zero-order chi connectivity index (χ0) is 21.6. The first-order valence-electron chi connectivity index (χ1n) is 11.2. The summed E-state index contributed by atoms with van der Waals surface area (Å²) in [6.07, 6.45) is 13.7. The second kappa shape index (κ2) is 10.6. The number of benzene rings is 1. The molecule has 0 unspecified atom stereocenters. The Kier molecular flexibility index (Phi) is 7.62. The van der Waals surface area contributed by atoms with Crippen LogP contribution in [0.1, 0.15) is 71.3 Å². The van der Waals surface area contributed by atoms with Crippen molar-refractivity contribution in [2.24, 2.45) is 4.99 Å². The fraction of sp³-hybridized carbons (Fsp3) is 0.440. The summed E-state index contributed by atoms with van der Waals surface area (Å²) in [5.74, 6) is 0.803. The maximum Gasteiger partial charge on any atom is 0.254 e. The van der Waals surface area contributed by atoms with E-state index in [9.17, 15) is 4.79 Å². The lowest BCUT2D eigenvalue weighted by Crippen LogP contribution is -2.36. The molecule has 2 aromatic rings. The number of nitrogens with one attached hydrogen (secondary N) is 1. The molecule has 0 radical (unpaired) electrons. The quantitative estimate of drug-likeness (QED) is 0.336. The number of carbonyl (C=O) groups is 1. The molecule has 1 N–H and O–H groups in total. The van der Waals surface area contributed by atoms with Gasteiger partial charge in [-0.3, -0.25) is 4.79 Å². The first-order chi connectivity index (χ1) is 15.2. The number of hydrogen-bond donors (Lipinski definition) is 1. The summed E-state index contributed by atoms with van der Waals surface area (Å²) in [6, 6.07) is 6.14. The van der Waals surface area contributed by atoms with Crippen LogP contribution in [0, 0.1) is 0 Å². The molecule has 1 aromatic carbocycles. The van der Waals surface area contributed by atoms with E-state index in [-0.39, 0.29) is 5.91 Å². The van der Waals surface area contributed by atoms with Crippen molar-refractivity contribution >= 4 is 44.4 Å². The van der Waals surface area contributed by atoms with Crippen LogP contribution in [0.25, 0.3) is 0 Å². The summed E-state index contributed by atoms with van der Waals surface area (Å²) < 4.78 is 6.74. The van der Waals surface area contributed by atoms with Crippen molar-refractivity contribution in [3.63, 3.8) is 0 Å². The molecule has 1 heterocycles.